The number of hydrogen-bond acceptors (Lipinski definition) is 5. The van der Waals surface area contributed by atoms with Crippen molar-refractivity contribution >= 4 is 16.5 Å². The van der Waals surface area contributed by atoms with Gasteiger partial charge in [-0.2, -0.15) is 12.8 Å². The highest BCUT2D eigenvalue weighted by atomic mass is 32.2. The first kappa shape index (κ1) is 14.3. The summed E-state index contributed by atoms with van der Waals surface area (Å²) < 4.78 is 23.6. The zero-order valence-electron chi connectivity index (χ0n) is 8.41. The molecular weight excluding hydrogens is 232 g/mol. The van der Waals surface area contributed by atoms with Crippen LogP contribution in [0.4, 0.5) is 0 Å². The van der Waals surface area contributed by atoms with Crippen LogP contribution in [0.15, 0.2) is 34.7 Å². The normalized spacial score (nSPS) is 11.0. The third kappa shape index (κ3) is 4.67. The SMILES string of the molecule is N.O=C(O)C(Cc1ccccc1)N=S(=O)=O. The van der Waals surface area contributed by atoms with Crippen molar-refractivity contribution in [2.75, 3.05) is 0 Å². The maximum atomic E-state index is 10.7. The molecule has 0 fully saturated rings. The third-order valence-corrected chi connectivity index (χ3v) is 2.20. The van der Waals surface area contributed by atoms with Crippen LogP contribution in [0.2, 0.25) is 0 Å². The zero-order chi connectivity index (χ0) is 11.3. The van der Waals surface area contributed by atoms with Gasteiger partial charge >= 0.3 is 16.5 Å². The molecule has 0 saturated heterocycles. The van der Waals surface area contributed by atoms with Gasteiger partial charge in [-0.3, -0.25) is 0 Å². The number of nitrogens with zero attached hydrogens (tertiary/aromatic N) is 1. The van der Waals surface area contributed by atoms with Gasteiger partial charge in [-0.1, -0.05) is 30.3 Å². The summed E-state index contributed by atoms with van der Waals surface area (Å²) in [6.07, 6.45) is 0.0736. The molecule has 0 aromatic heterocycles. The highest BCUT2D eigenvalue weighted by molar-refractivity contribution is 7.61. The predicted octanol–water partition coefficient (Wildman–Crippen LogP) is 0.907. The lowest BCUT2D eigenvalue weighted by molar-refractivity contribution is -0.138. The first-order valence-corrected chi connectivity index (χ1v) is 5.19. The monoisotopic (exact) mass is 244 g/mol. The van der Waals surface area contributed by atoms with E-state index in [1.165, 1.54) is 0 Å². The van der Waals surface area contributed by atoms with E-state index < -0.39 is 22.5 Å². The van der Waals surface area contributed by atoms with Gasteiger partial charge in [-0.05, 0) is 5.56 Å². The largest absolute Gasteiger partial charge is 0.480 e. The van der Waals surface area contributed by atoms with Crippen molar-refractivity contribution in [1.29, 1.82) is 0 Å². The van der Waals surface area contributed by atoms with Gasteiger partial charge in [-0.25, -0.2) is 4.79 Å². The van der Waals surface area contributed by atoms with E-state index in [9.17, 15) is 13.2 Å². The Bertz CT molecular complexity index is 462. The molecular formula is C9H12N2O4S. The molecule has 0 amide bonds. The van der Waals surface area contributed by atoms with Crippen LogP contribution >= 0.6 is 0 Å². The maximum absolute atomic E-state index is 10.7. The Balaban J connectivity index is 0.00000225. The number of hydrogen-bond donors (Lipinski definition) is 2. The molecule has 0 saturated carbocycles. The molecule has 4 N–H and O–H groups in total. The van der Waals surface area contributed by atoms with Gasteiger partial charge in [0, 0.05) is 6.42 Å². The summed E-state index contributed by atoms with van der Waals surface area (Å²) >= 11 is 0. The molecule has 1 aromatic rings. The Kier molecular flexibility index (Phi) is 5.97. The Hall–Kier alpha value is -1.73. The van der Waals surface area contributed by atoms with Gasteiger partial charge in [0.2, 0.25) is 0 Å². The lowest BCUT2D eigenvalue weighted by Crippen LogP contribution is -2.20. The minimum atomic E-state index is -2.70. The average molecular weight is 244 g/mol. The molecule has 0 bridgehead atoms. The van der Waals surface area contributed by atoms with Crippen molar-refractivity contribution < 1.29 is 18.3 Å². The summed E-state index contributed by atoms with van der Waals surface area (Å²) in [6, 6.07) is 7.50. The van der Waals surface area contributed by atoms with Crippen LogP contribution in [0.3, 0.4) is 0 Å². The Morgan fingerprint density at radius 2 is 1.88 bits per heavy atom. The molecule has 0 radical (unpaired) electrons. The van der Waals surface area contributed by atoms with Crippen LogP contribution in [0.1, 0.15) is 5.56 Å². The highest BCUT2D eigenvalue weighted by Crippen LogP contribution is 2.05. The number of carboxylic acid groups (broad SMARTS) is 1. The molecule has 0 heterocycles. The predicted molar refractivity (Wildman–Crippen MR) is 57.9 cm³/mol. The number of carbonyl (C=O) groups is 1. The zero-order valence-corrected chi connectivity index (χ0v) is 9.22. The van der Waals surface area contributed by atoms with Crippen LogP contribution in [0.5, 0.6) is 0 Å². The summed E-state index contributed by atoms with van der Waals surface area (Å²) in [6.45, 7) is 0. The van der Waals surface area contributed by atoms with Crippen molar-refractivity contribution in [2.45, 2.75) is 12.5 Å². The van der Waals surface area contributed by atoms with E-state index in [0.717, 1.165) is 5.56 Å². The fourth-order valence-electron chi connectivity index (χ4n) is 1.11. The van der Waals surface area contributed by atoms with Gasteiger partial charge < -0.3 is 11.3 Å². The van der Waals surface area contributed by atoms with Crippen molar-refractivity contribution in [1.82, 2.24) is 6.15 Å². The van der Waals surface area contributed by atoms with Crippen LogP contribution < -0.4 is 6.15 Å². The van der Waals surface area contributed by atoms with E-state index in [1.807, 2.05) is 0 Å². The van der Waals surface area contributed by atoms with Crippen LogP contribution in [-0.4, -0.2) is 25.5 Å². The minimum absolute atomic E-state index is 0. The van der Waals surface area contributed by atoms with Gasteiger partial charge in [-0.15, -0.1) is 0 Å². The number of rotatable bonds is 4. The fourth-order valence-corrected chi connectivity index (χ4v) is 1.48. The highest BCUT2D eigenvalue weighted by Gasteiger charge is 2.17. The Morgan fingerprint density at radius 1 is 1.31 bits per heavy atom. The molecule has 0 aliphatic heterocycles. The standard InChI is InChI=1S/C9H9NO4S.H3N/c11-9(12)8(10-15(13)14)6-7-4-2-1-3-5-7;/h1-5,8H,6H2,(H,11,12);1H3. The van der Waals surface area contributed by atoms with Crippen LogP contribution in [0, 0.1) is 0 Å². The fraction of sp³-hybridized carbons (Fsp3) is 0.222. The number of aliphatic carboxylic acids is 1. The summed E-state index contributed by atoms with van der Waals surface area (Å²) in [5.41, 5.74) is 0.735. The lowest BCUT2D eigenvalue weighted by atomic mass is 10.1. The molecule has 7 heteroatoms. The Morgan fingerprint density at radius 3 is 2.31 bits per heavy atom. The van der Waals surface area contributed by atoms with Crippen molar-refractivity contribution in [2.24, 2.45) is 4.36 Å². The third-order valence-electron chi connectivity index (χ3n) is 1.77. The molecule has 1 atom stereocenters. The van der Waals surface area contributed by atoms with Gasteiger partial charge in [0.05, 0.1) is 0 Å². The summed E-state index contributed by atoms with van der Waals surface area (Å²) in [4.78, 5) is 10.7. The quantitative estimate of drug-likeness (QED) is 0.815. The van der Waals surface area contributed by atoms with Crippen molar-refractivity contribution in [3.63, 3.8) is 0 Å². The first-order valence-electron chi connectivity index (χ1n) is 4.16. The van der Waals surface area contributed by atoms with E-state index >= 15 is 0 Å². The van der Waals surface area contributed by atoms with Crippen LogP contribution in [0.25, 0.3) is 0 Å². The molecule has 6 nitrogen and oxygen atoms in total. The van der Waals surface area contributed by atoms with E-state index in [4.69, 9.17) is 5.11 Å². The van der Waals surface area contributed by atoms with E-state index in [1.54, 1.807) is 30.3 Å². The molecule has 1 unspecified atom stereocenters. The topological polar surface area (TPSA) is 119 Å². The molecule has 1 rings (SSSR count). The lowest BCUT2D eigenvalue weighted by Gasteiger charge is -2.04. The molecule has 88 valence electrons. The second kappa shape index (κ2) is 6.70. The molecule has 1 aromatic carbocycles. The average Bonchev–Trinajstić information content (AvgIpc) is 2.17. The van der Waals surface area contributed by atoms with E-state index in [0.29, 0.717) is 0 Å². The van der Waals surface area contributed by atoms with Gasteiger partial charge in [0.25, 0.3) is 0 Å². The van der Waals surface area contributed by atoms with Crippen LogP contribution in [-0.2, 0) is 21.7 Å². The van der Waals surface area contributed by atoms with E-state index in [-0.39, 0.29) is 12.6 Å². The first-order chi connectivity index (χ1) is 7.09. The minimum Gasteiger partial charge on any atom is -0.480 e. The number of benzene rings is 1. The summed E-state index contributed by atoms with van der Waals surface area (Å²) in [5.74, 6) is -1.25. The maximum Gasteiger partial charge on any atom is 0.330 e. The van der Waals surface area contributed by atoms with Gasteiger partial charge in [0.15, 0.2) is 6.04 Å². The number of carboxylic acids is 1. The molecule has 0 aliphatic carbocycles. The van der Waals surface area contributed by atoms with Gasteiger partial charge in [0.1, 0.15) is 0 Å². The second-order valence-corrected chi connectivity index (χ2v) is 3.51. The van der Waals surface area contributed by atoms with E-state index in [2.05, 4.69) is 4.36 Å². The molecule has 0 aliphatic rings. The van der Waals surface area contributed by atoms with Crippen molar-refractivity contribution in [3.05, 3.63) is 35.9 Å². The smallest absolute Gasteiger partial charge is 0.330 e. The molecule has 16 heavy (non-hydrogen) atoms. The van der Waals surface area contributed by atoms with Crippen molar-refractivity contribution in [3.8, 4) is 0 Å². The molecule has 0 spiro atoms. The summed E-state index contributed by atoms with van der Waals surface area (Å²) in [7, 11) is -2.70. The second-order valence-electron chi connectivity index (χ2n) is 2.87. The summed E-state index contributed by atoms with van der Waals surface area (Å²) in [5, 5.41) is 8.72. The Labute approximate surface area is 94.2 Å².